The lowest BCUT2D eigenvalue weighted by Crippen LogP contribution is -2.00. The van der Waals surface area contributed by atoms with Crippen molar-refractivity contribution >= 4 is 11.6 Å². The van der Waals surface area contributed by atoms with E-state index in [-0.39, 0.29) is 5.56 Å². The van der Waals surface area contributed by atoms with Crippen LogP contribution >= 0.6 is 11.6 Å². The fourth-order valence-electron chi connectivity index (χ4n) is 2.02. The number of aliphatic hydroxyl groups is 1. The molecule has 0 saturated carbocycles. The number of halogens is 2. The molecular formula is C16H16ClFO2. The highest BCUT2D eigenvalue weighted by atomic mass is 35.5. The van der Waals surface area contributed by atoms with E-state index < -0.39 is 11.9 Å². The van der Waals surface area contributed by atoms with Crippen LogP contribution < -0.4 is 4.74 Å². The summed E-state index contributed by atoms with van der Waals surface area (Å²) < 4.78 is 19.4. The first kappa shape index (κ1) is 14.8. The number of ether oxygens (including phenoxy) is 1. The lowest BCUT2D eigenvalue weighted by molar-refractivity contribution is 0.190. The number of hydrogen-bond acceptors (Lipinski definition) is 2. The summed E-state index contributed by atoms with van der Waals surface area (Å²) in [6, 6.07) is 9.77. The van der Waals surface area contributed by atoms with E-state index >= 15 is 0 Å². The maximum absolute atomic E-state index is 13.8. The van der Waals surface area contributed by atoms with Crippen molar-refractivity contribution in [1.29, 1.82) is 0 Å². The molecule has 0 heterocycles. The zero-order valence-electron chi connectivity index (χ0n) is 11.4. The Morgan fingerprint density at radius 1 is 1.30 bits per heavy atom. The Morgan fingerprint density at radius 3 is 2.70 bits per heavy atom. The molecule has 1 atom stereocenters. The Morgan fingerprint density at radius 2 is 2.05 bits per heavy atom. The van der Waals surface area contributed by atoms with Crippen LogP contribution in [0, 0.1) is 5.82 Å². The Hall–Kier alpha value is -1.58. The standard InChI is InChI=1S/C16H16ClFO2/c1-3-11-9-12(7-8-13(11)17)20-15-6-4-5-14(18)16(15)10(2)19/h4-10,19H,3H2,1-2H3/t10-/m1/s1. The van der Waals surface area contributed by atoms with E-state index in [9.17, 15) is 9.50 Å². The highest BCUT2D eigenvalue weighted by molar-refractivity contribution is 6.31. The number of benzene rings is 2. The van der Waals surface area contributed by atoms with E-state index in [2.05, 4.69) is 0 Å². The number of aryl methyl sites for hydroxylation is 1. The minimum Gasteiger partial charge on any atom is -0.457 e. The minimum absolute atomic E-state index is 0.153. The molecule has 2 rings (SSSR count). The molecule has 0 aromatic heterocycles. The molecule has 0 radical (unpaired) electrons. The summed E-state index contributed by atoms with van der Waals surface area (Å²) in [6.45, 7) is 3.50. The normalized spacial score (nSPS) is 12.2. The maximum Gasteiger partial charge on any atom is 0.136 e. The summed E-state index contributed by atoms with van der Waals surface area (Å²) in [5.41, 5.74) is 1.11. The Balaban J connectivity index is 2.37. The first-order valence-electron chi connectivity index (χ1n) is 6.45. The fraction of sp³-hybridized carbons (Fsp3) is 0.250. The summed E-state index contributed by atoms with van der Waals surface area (Å²) >= 11 is 6.05. The molecule has 0 aliphatic rings. The molecule has 0 spiro atoms. The SMILES string of the molecule is CCc1cc(Oc2cccc(F)c2[C@@H](C)O)ccc1Cl. The predicted molar refractivity (Wildman–Crippen MR) is 77.9 cm³/mol. The van der Waals surface area contributed by atoms with Crippen molar-refractivity contribution in [2.75, 3.05) is 0 Å². The molecule has 20 heavy (non-hydrogen) atoms. The van der Waals surface area contributed by atoms with Crippen molar-refractivity contribution in [3.63, 3.8) is 0 Å². The van der Waals surface area contributed by atoms with Crippen LogP contribution in [0.25, 0.3) is 0 Å². The zero-order chi connectivity index (χ0) is 14.7. The number of rotatable bonds is 4. The number of hydrogen-bond donors (Lipinski definition) is 1. The Bertz CT molecular complexity index is 611. The van der Waals surface area contributed by atoms with E-state index in [4.69, 9.17) is 16.3 Å². The van der Waals surface area contributed by atoms with Gasteiger partial charge in [-0.15, -0.1) is 0 Å². The lowest BCUT2D eigenvalue weighted by Gasteiger charge is -2.14. The zero-order valence-corrected chi connectivity index (χ0v) is 12.1. The first-order chi connectivity index (χ1) is 9.52. The third kappa shape index (κ3) is 3.11. The molecule has 2 aromatic rings. The second-order valence-electron chi connectivity index (χ2n) is 4.54. The van der Waals surface area contributed by atoms with Gasteiger partial charge in [0.25, 0.3) is 0 Å². The van der Waals surface area contributed by atoms with E-state index in [1.807, 2.05) is 13.0 Å². The molecule has 0 aliphatic carbocycles. The van der Waals surface area contributed by atoms with Gasteiger partial charge in [-0.25, -0.2) is 4.39 Å². The molecule has 0 unspecified atom stereocenters. The molecule has 0 aliphatic heterocycles. The fourth-order valence-corrected chi connectivity index (χ4v) is 2.28. The summed E-state index contributed by atoms with van der Waals surface area (Å²) in [5, 5.41) is 10.3. The van der Waals surface area contributed by atoms with Gasteiger partial charge in [0.2, 0.25) is 0 Å². The van der Waals surface area contributed by atoms with Gasteiger partial charge in [0.05, 0.1) is 11.7 Å². The molecule has 0 bridgehead atoms. The lowest BCUT2D eigenvalue weighted by atomic mass is 10.1. The van der Waals surface area contributed by atoms with Gasteiger partial charge in [0, 0.05) is 5.02 Å². The molecule has 2 aromatic carbocycles. The second kappa shape index (κ2) is 6.25. The molecular weight excluding hydrogens is 279 g/mol. The minimum atomic E-state index is -0.941. The summed E-state index contributed by atoms with van der Waals surface area (Å²) in [7, 11) is 0. The molecule has 1 N–H and O–H groups in total. The average molecular weight is 295 g/mol. The highest BCUT2D eigenvalue weighted by Gasteiger charge is 2.15. The van der Waals surface area contributed by atoms with Gasteiger partial charge < -0.3 is 9.84 Å². The highest BCUT2D eigenvalue weighted by Crippen LogP contribution is 2.33. The molecule has 0 fully saturated rings. The van der Waals surface area contributed by atoms with Crippen LogP contribution in [-0.2, 0) is 6.42 Å². The largest absolute Gasteiger partial charge is 0.457 e. The van der Waals surface area contributed by atoms with E-state index in [1.54, 1.807) is 24.3 Å². The predicted octanol–water partition coefficient (Wildman–Crippen LogP) is 4.89. The van der Waals surface area contributed by atoms with E-state index in [0.29, 0.717) is 16.5 Å². The number of aliphatic hydroxyl groups excluding tert-OH is 1. The van der Waals surface area contributed by atoms with Gasteiger partial charge >= 0.3 is 0 Å². The molecule has 4 heteroatoms. The van der Waals surface area contributed by atoms with Crippen LogP contribution in [-0.4, -0.2) is 5.11 Å². The van der Waals surface area contributed by atoms with E-state index in [0.717, 1.165) is 12.0 Å². The van der Waals surface area contributed by atoms with Crippen LogP contribution in [0.3, 0.4) is 0 Å². The maximum atomic E-state index is 13.8. The van der Waals surface area contributed by atoms with Crippen molar-refractivity contribution in [2.45, 2.75) is 26.4 Å². The summed E-state index contributed by atoms with van der Waals surface area (Å²) in [5.74, 6) is 0.394. The van der Waals surface area contributed by atoms with Crippen molar-refractivity contribution < 1.29 is 14.2 Å². The van der Waals surface area contributed by atoms with Crippen molar-refractivity contribution in [2.24, 2.45) is 0 Å². The van der Waals surface area contributed by atoms with Crippen molar-refractivity contribution in [3.8, 4) is 11.5 Å². The van der Waals surface area contributed by atoms with Gasteiger partial charge in [-0.05, 0) is 49.2 Å². The smallest absolute Gasteiger partial charge is 0.136 e. The molecule has 2 nitrogen and oxygen atoms in total. The third-order valence-electron chi connectivity index (χ3n) is 3.06. The second-order valence-corrected chi connectivity index (χ2v) is 4.94. The van der Waals surface area contributed by atoms with Crippen LogP contribution in [0.5, 0.6) is 11.5 Å². The first-order valence-corrected chi connectivity index (χ1v) is 6.83. The van der Waals surface area contributed by atoms with Gasteiger partial charge in [0.15, 0.2) is 0 Å². The van der Waals surface area contributed by atoms with Crippen LogP contribution in [0.2, 0.25) is 5.02 Å². The molecule has 0 saturated heterocycles. The molecule has 106 valence electrons. The van der Waals surface area contributed by atoms with Crippen molar-refractivity contribution in [1.82, 2.24) is 0 Å². The van der Waals surface area contributed by atoms with E-state index in [1.165, 1.54) is 13.0 Å². The average Bonchev–Trinajstić information content (AvgIpc) is 2.40. The Labute approximate surface area is 122 Å². The molecule has 0 amide bonds. The topological polar surface area (TPSA) is 29.5 Å². The van der Waals surface area contributed by atoms with Gasteiger partial charge in [0.1, 0.15) is 17.3 Å². The van der Waals surface area contributed by atoms with Gasteiger partial charge in [-0.3, -0.25) is 0 Å². The third-order valence-corrected chi connectivity index (χ3v) is 3.43. The van der Waals surface area contributed by atoms with Gasteiger partial charge in [-0.1, -0.05) is 24.6 Å². The van der Waals surface area contributed by atoms with Crippen LogP contribution in [0.15, 0.2) is 36.4 Å². The van der Waals surface area contributed by atoms with Crippen molar-refractivity contribution in [3.05, 3.63) is 58.4 Å². The summed E-state index contributed by atoms with van der Waals surface area (Å²) in [6.07, 6.45) is -0.160. The summed E-state index contributed by atoms with van der Waals surface area (Å²) in [4.78, 5) is 0. The quantitative estimate of drug-likeness (QED) is 0.870. The van der Waals surface area contributed by atoms with Gasteiger partial charge in [-0.2, -0.15) is 0 Å². The Kier molecular flexibility index (Phi) is 4.63. The van der Waals surface area contributed by atoms with Crippen LogP contribution in [0.4, 0.5) is 4.39 Å². The monoisotopic (exact) mass is 294 g/mol. The van der Waals surface area contributed by atoms with Crippen LogP contribution in [0.1, 0.15) is 31.1 Å².